The maximum absolute atomic E-state index is 13.4. The Balaban J connectivity index is 1.48. The first-order valence-corrected chi connectivity index (χ1v) is 15.4. The fourth-order valence-electron chi connectivity index (χ4n) is 4.75. The van der Waals surface area contributed by atoms with Crippen molar-refractivity contribution in [2.45, 2.75) is 18.9 Å². The van der Waals surface area contributed by atoms with E-state index in [0.29, 0.717) is 41.9 Å². The molecule has 1 aliphatic heterocycles. The van der Waals surface area contributed by atoms with Crippen LogP contribution in [0.5, 0.6) is 0 Å². The summed E-state index contributed by atoms with van der Waals surface area (Å²) in [5, 5.41) is 8.60. The van der Waals surface area contributed by atoms with Gasteiger partial charge < -0.3 is 0 Å². The summed E-state index contributed by atoms with van der Waals surface area (Å²) in [4.78, 5) is 35.5. The maximum atomic E-state index is 13.4. The molecule has 1 saturated heterocycles. The zero-order valence-corrected chi connectivity index (χ0v) is 25.3. The van der Waals surface area contributed by atoms with E-state index < -0.39 is 50.9 Å². The zero-order valence-electron chi connectivity index (χ0n) is 23.2. The number of ether oxygens (including phenoxy) is 1. The molecule has 1 atom stereocenters. The quantitative estimate of drug-likeness (QED) is 0.189. The number of halogens is 6. The summed E-state index contributed by atoms with van der Waals surface area (Å²) in [7, 11) is 0. The van der Waals surface area contributed by atoms with Crippen LogP contribution in [0.1, 0.15) is 21.7 Å². The molecule has 0 radical (unpaired) electrons. The van der Waals surface area contributed by atoms with E-state index in [4.69, 9.17) is 10.5 Å². The molecule has 45 heavy (non-hydrogen) atoms. The van der Waals surface area contributed by atoms with Gasteiger partial charge in [0.15, 0.2) is 0 Å². The fraction of sp³-hybridized carbons (Fsp3) is 0.296. The Labute approximate surface area is 257 Å². The third-order valence-corrected chi connectivity index (χ3v) is 8.76. The monoisotopic (exact) mass is 698 g/mol. The van der Waals surface area contributed by atoms with Crippen LogP contribution in [0.3, 0.4) is 0 Å². The van der Waals surface area contributed by atoms with Gasteiger partial charge in [-0.25, -0.2) is 0 Å². The number of benzene rings is 1. The molecule has 2 amide bonds. The van der Waals surface area contributed by atoms with Gasteiger partial charge in [0.25, 0.3) is 0 Å². The molecule has 4 N–H and O–H groups in total. The van der Waals surface area contributed by atoms with E-state index in [2.05, 4.69) is 20.4 Å². The number of amides is 2. The fourth-order valence-corrected chi connectivity index (χ4v) is 6.40. The van der Waals surface area contributed by atoms with E-state index in [-0.39, 0.29) is 34.8 Å². The van der Waals surface area contributed by atoms with Crippen LogP contribution in [0.15, 0.2) is 48.8 Å². The minimum atomic E-state index is -4.67. The summed E-state index contributed by atoms with van der Waals surface area (Å²) in [6, 6.07) is 9.51. The van der Waals surface area contributed by atoms with E-state index in [0.717, 1.165) is 12.1 Å². The molecule has 4 heterocycles. The Morgan fingerprint density at radius 2 is 1.73 bits per heavy atom. The van der Waals surface area contributed by atoms with Crippen molar-refractivity contribution in [3.05, 3.63) is 65.7 Å². The molecule has 0 aliphatic carbocycles. The van der Waals surface area contributed by atoms with Gasteiger partial charge in [0.1, 0.15) is 0 Å². The molecule has 11 nitrogen and oxygen atoms in total. The molecule has 238 valence electrons. The summed E-state index contributed by atoms with van der Waals surface area (Å²) in [5.74, 6) is -1.24. The average Bonchev–Trinajstić information content (AvgIpc) is 3.31. The number of hydrogen-bond acceptors (Lipinski definition) is 8. The number of carbonyl (C=O) groups excluding carboxylic acids is 2. The number of hydrogen-bond donors (Lipinski definition) is 3. The van der Waals surface area contributed by atoms with Crippen LogP contribution in [0, 0.1) is 0 Å². The van der Waals surface area contributed by atoms with Gasteiger partial charge in [-0.1, -0.05) is 0 Å². The summed E-state index contributed by atoms with van der Waals surface area (Å²) in [6.45, 7) is 0.503. The zero-order chi connectivity index (χ0) is 32.4. The number of anilines is 2. The van der Waals surface area contributed by atoms with Crippen LogP contribution in [0.2, 0.25) is 0 Å². The second-order valence-corrected chi connectivity index (χ2v) is 12.5. The standard InChI is InChI=1S/C27H25AsF6N8O3/c29-26(30,31)13-36-24(43)21-17(12-41-8-10-45-11-9-41)42-22(23(35)37-14-38-42)20(21)15-4-6-16(7-5-15)28-25(44)40-19-3-1-2-18(39-19)27(32,33)34/h1-7,14,28H,8-13H2,(H,36,43)(H2,35,37,38)(H,39,40,44). The molecule has 0 spiro atoms. The van der Waals surface area contributed by atoms with Crippen LogP contribution < -0.4 is 20.7 Å². The Bertz CT molecular complexity index is 1710. The van der Waals surface area contributed by atoms with Gasteiger partial charge >= 0.3 is 258 Å². The number of nitrogens with two attached hydrogens (primary N) is 1. The molecular formula is C27H25AsF6N8O3. The van der Waals surface area contributed by atoms with Gasteiger partial charge in [-0.3, -0.25) is 0 Å². The van der Waals surface area contributed by atoms with Gasteiger partial charge in [-0.05, 0) is 0 Å². The van der Waals surface area contributed by atoms with E-state index in [1.807, 2.05) is 10.2 Å². The molecule has 1 aliphatic rings. The number of nitrogen functional groups attached to an aromatic ring is 1. The molecule has 1 unspecified atom stereocenters. The van der Waals surface area contributed by atoms with Crippen molar-refractivity contribution in [1.82, 2.24) is 29.8 Å². The molecule has 5 rings (SSSR count). The second kappa shape index (κ2) is 13.0. The number of nitrogens with one attached hydrogen (secondary N) is 2. The number of nitrogens with zero attached hydrogens (tertiary/aromatic N) is 5. The molecule has 0 saturated carbocycles. The number of aromatic nitrogens is 4. The third-order valence-electron chi connectivity index (χ3n) is 6.72. The van der Waals surface area contributed by atoms with Crippen molar-refractivity contribution in [2.75, 3.05) is 43.9 Å². The van der Waals surface area contributed by atoms with Gasteiger partial charge in [-0.2, -0.15) is 0 Å². The normalized spacial score (nSPS) is 14.7. The van der Waals surface area contributed by atoms with Crippen molar-refractivity contribution < 1.29 is 40.7 Å². The minimum absolute atomic E-state index is 0.0106. The van der Waals surface area contributed by atoms with E-state index in [1.165, 1.54) is 16.9 Å². The summed E-state index contributed by atoms with van der Waals surface area (Å²) in [5.41, 5.74) is 6.15. The predicted molar refractivity (Wildman–Crippen MR) is 152 cm³/mol. The van der Waals surface area contributed by atoms with Crippen LogP contribution in [-0.2, 0) is 17.5 Å². The first kappa shape index (κ1) is 32.2. The van der Waals surface area contributed by atoms with Crippen molar-refractivity contribution in [3.8, 4) is 11.1 Å². The van der Waals surface area contributed by atoms with Crippen molar-refractivity contribution in [2.24, 2.45) is 0 Å². The Morgan fingerprint density at radius 1 is 1.02 bits per heavy atom. The number of morpholine rings is 1. The topological polar surface area (TPSA) is 140 Å². The second-order valence-electron chi connectivity index (χ2n) is 9.85. The van der Waals surface area contributed by atoms with Gasteiger partial charge in [0, 0.05) is 0 Å². The van der Waals surface area contributed by atoms with Gasteiger partial charge in [0.2, 0.25) is 0 Å². The van der Waals surface area contributed by atoms with Crippen LogP contribution in [0.4, 0.5) is 42.8 Å². The SMILES string of the molecule is Nc1ncnn2c(CN3CCOCC3)c(C(=O)NCC(F)(F)F)c(-c3ccc([AsH]C(=O)Nc4cccc(C(F)(F)F)n4)cc3)c12. The molecule has 1 aromatic carbocycles. The summed E-state index contributed by atoms with van der Waals surface area (Å²) in [6.07, 6.45) is -8.15. The van der Waals surface area contributed by atoms with Crippen LogP contribution in [0.25, 0.3) is 16.6 Å². The summed E-state index contributed by atoms with van der Waals surface area (Å²) >= 11 is -1.58. The Hall–Kier alpha value is -4.21. The van der Waals surface area contributed by atoms with Crippen molar-refractivity contribution in [1.29, 1.82) is 0 Å². The first-order chi connectivity index (χ1) is 21.3. The number of rotatable bonds is 8. The van der Waals surface area contributed by atoms with E-state index in [9.17, 15) is 35.9 Å². The number of fused-ring (bicyclic) bond motifs is 1. The average molecular weight is 698 g/mol. The Morgan fingerprint density at radius 3 is 2.40 bits per heavy atom. The Kier molecular flexibility index (Phi) is 9.32. The molecule has 1 fully saturated rings. The molecular weight excluding hydrogens is 673 g/mol. The van der Waals surface area contributed by atoms with Gasteiger partial charge in [-0.15, -0.1) is 0 Å². The number of carbonyl (C=O) groups is 2. The molecule has 4 aromatic rings. The first-order valence-electron chi connectivity index (χ1n) is 13.3. The molecule has 18 heteroatoms. The van der Waals surface area contributed by atoms with Crippen molar-refractivity contribution in [3.63, 3.8) is 0 Å². The van der Waals surface area contributed by atoms with E-state index in [1.54, 1.807) is 24.3 Å². The van der Waals surface area contributed by atoms with Crippen LogP contribution in [-0.4, -0.2) is 89.9 Å². The van der Waals surface area contributed by atoms with E-state index >= 15 is 0 Å². The van der Waals surface area contributed by atoms with Crippen LogP contribution >= 0.6 is 0 Å². The molecule has 0 bridgehead atoms. The van der Waals surface area contributed by atoms with Gasteiger partial charge in [0.05, 0.1) is 0 Å². The number of alkyl halides is 6. The third kappa shape index (κ3) is 7.72. The number of pyridine rings is 1. The molecule has 3 aromatic heterocycles. The van der Waals surface area contributed by atoms with Crippen molar-refractivity contribution >= 4 is 47.9 Å². The summed E-state index contributed by atoms with van der Waals surface area (Å²) < 4.78 is 85.0. The predicted octanol–water partition coefficient (Wildman–Crippen LogP) is 2.81.